The molecule has 0 spiro atoms. The molecule has 1 N–H and O–H groups in total. The van der Waals surface area contributed by atoms with Crippen LogP contribution in [0.4, 0.5) is 6.01 Å². The zero-order chi connectivity index (χ0) is 19.7. The van der Waals surface area contributed by atoms with E-state index in [-0.39, 0.29) is 22.7 Å². The summed E-state index contributed by atoms with van der Waals surface area (Å²) in [5.41, 5.74) is 0. The van der Waals surface area contributed by atoms with E-state index < -0.39 is 22.0 Å². The number of halogens is 1. The lowest BCUT2D eigenvalue weighted by molar-refractivity contribution is -0.120. The molecule has 1 saturated heterocycles. The molecule has 3 aromatic heterocycles. The minimum Gasteiger partial charge on any atom is -0.459 e. The van der Waals surface area contributed by atoms with E-state index in [4.69, 9.17) is 20.4 Å². The number of carbonyl (C=O) groups excluding carboxylic acids is 1. The zero-order valence-electron chi connectivity index (χ0n) is 14.4. The van der Waals surface area contributed by atoms with Gasteiger partial charge in [-0.3, -0.25) is 10.1 Å². The summed E-state index contributed by atoms with van der Waals surface area (Å²) < 4.78 is 38.1. The number of anilines is 1. The third kappa shape index (κ3) is 3.70. The first-order valence-electron chi connectivity index (χ1n) is 8.40. The smallest absolute Gasteiger partial charge is 0.322 e. The maximum absolute atomic E-state index is 13.0. The highest BCUT2D eigenvalue weighted by Gasteiger charge is 2.38. The predicted octanol–water partition coefficient (Wildman–Crippen LogP) is 3.23. The second kappa shape index (κ2) is 7.66. The van der Waals surface area contributed by atoms with Crippen LogP contribution in [0.2, 0.25) is 4.34 Å². The molecule has 28 heavy (non-hydrogen) atoms. The Morgan fingerprint density at radius 3 is 2.86 bits per heavy atom. The number of aromatic nitrogens is 2. The SMILES string of the molecule is O=C(Nc1nnc(-c2ccco2)o1)C1CCCCN1S(=O)(=O)c1ccc(Cl)s1. The van der Waals surface area contributed by atoms with Crippen LogP contribution in [0.1, 0.15) is 19.3 Å². The van der Waals surface area contributed by atoms with Gasteiger partial charge < -0.3 is 8.83 Å². The van der Waals surface area contributed by atoms with Gasteiger partial charge >= 0.3 is 6.01 Å². The van der Waals surface area contributed by atoms with Crippen LogP contribution in [-0.2, 0) is 14.8 Å². The second-order valence-corrected chi connectivity index (χ2v) is 9.90. The molecule has 0 aliphatic carbocycles. The van der Waals surface area contributed by atoms with Crippen LogP contribution in [0.25, 0.3) is 11.7 Å². The molecule has 1 atom stereocenters. The van der Waals surface area contributed by atoms with Crippen molar-refractivity contribution < 1.29 is 22.0 Å². The molecular weight excluding hydrogens is 428 g/mol. The molecule has 1 aliphatic rings. The summed E-state index contributed by atoms with van der Waals surface area (Å²) in [7, 11) is -3.83. The summed E-state index contributed by atoms with van der Waals surface area (Å²) in [6.07, 6.45) is 3.25. The molecule has 4 rings (SSSR count). The maximum Gasteiger partial charge on any atom is 0.322 e. The van der Waals surface area contributed by atoms with E-state index in [0.29, 0.717) is 22.9 Å². The normalized spacial score (nSPS) is 18.2. The third-order valence-corrected chi connectivity index (χ3v) is 7.86. The standard InChI is InChI=1S/C16H15ClN4O5S2/c17-12-6-7-13(27-12)28(23,24)21-8-2-1-4-10(21)14(22)18-16-20-19-15(26-16)11-5-3-9-25-11/h3,5-7,9-10H,1-2,4,8H2,(H,18,20,22). The molecule has 148 valence electrons. The van der Waals surface area contributed by atoms with Gasteiger partial charge in [-0.2, -0.15) is 4.31 Å². The quantitative estimate of drug-likeness (QED) is 0.644. The molecule has 1 fully saturated rings. The Morgan fingerprint density at radius 1 is 1.29 bits per heavy atom. The minimum atomic E-state index is -3.83. The number of nitrogens with zero attached hydrogens (tertiary/aromatic N) is 3. The molecule has 12 heteroatoms. The van der Waals surface area contributed by atoms with Gasteiger partial charge in [0.1, 0.15) is 10.3 Å². The summed E-state index contributed by atoms with van der Waals surface area (Å²) >= 11 is 6.84. The van der Waals surface area contributed by atoms with E-state index in [0.717, 1.165) is 17.8 Å². The number of rotatable bonds is 5. The van der Waals surface area contributed by atoms with E-state index in [9.17, 15) is 13.2 Å². The van der Waals surface area contributed by atoms with Crippen LogP contribution in [0.15, 0.2) is 43.6 Å². The molecule has 0 saturated carbocycles. The van der Waals surface area contributed by atoms with E-state index in [1.165, 1.54) is 22.7 Å². The number of thiophene rings is 1. The molecule has 1 aliphatic heterocycles. The lowest BCUT2D eigenvalue weighted by Gasteiger charge is -2.32. The van der Waals surface area contributed by atoms with Crippen molar-refractivity contribution in [1.29, 1.82) is 0 Å². The Balaban J connectivity index is 1.53. The molecule has 9 nitrogen and oxygen atoms in total. The summed E-state index contributed by atoms with van der Waals surface area (Å²) in [6, 6.07) is 5.27. The molecular formula is C16H15ClN4O5S2. The fourth-order valence-corrected chi connectivity index (χ4v) is 6.24. The van der Waals surface area contributed by atoms with Gasteiger partial charge in [-0.25, -0.2) is 8.42 Å². The van der Waals surface area contributed by atoms with Crippen molar-refractivity contribution in [3.05, 3.63) is 34.9 Å². The van der Waals surface area contributed by atoms with Gasteiger partial charge in [0.2, 0.25) is 5.91 Å². The highest BCUT2D eigenvalue weighted by atomic mass is 35.5. The highest BCUT2D eigenvalue weighted by molar-refractivity contribution is 7.91. The van der Waals surface area contributed by atoms with Gasteiger partial charge in [0, 0.05) is 6.54 Å². The van der Waals surface area contributed by atoms with Crippen LogP contribution in [0.3, 0.4) is 0 Å². The summed E-state index contributed by atoms with van der Waals surface area (Å²) in [4.78, 5) is 12.8. The van der Waals surface area contributed by atoms with Crippen molar-refractivity contribution in [3.8, 4) is 11.7 Å². The van der Waals surface area contributed by atoms with Crippen molar-refractivity contribution in [2.45, 2.75) is 29.5 Å². The Bertz CT molecular complexity index is 1080. The molecule has 0 bridgehead atoms. The number of carbonyl (C=O) groups is 1. The number of piperidine rings is 1. The average Bonchev–Trinajstić information content (AvgIpc) is 3.43. The van der Waals surface area contributed by atoms with E-state index >= 15 is 0 Å². The molecule has 0 aromatic carbocycles. The van der Waals surface area contributed by atoms with E-state index in [2.05, 4.69) is 15.5 Å². The zero-order valence-corrected chi connectivity index (χ0v) is 16.8. The first-order chi connectivity index (χ1) is 13.4. The molecule has 1 amide bonds. The van der Waals surface area contributed by atoms with Crippen LogP contribution in [-0.4, -0.2) is 41.4 Å². The Hall–Kier alpha value is -2.21. The van der Waals surface area contributed by atoms with Crippen molar-refractivity contribution >= 4 is 44.9 Å². The maximum atomic E-state index is 13.0. The third-order valence-electron chi connectivity index (χ3n) is 4.25. The van der Waals surface area contributed by atoms with Crippen molar-refractivity contribution in [1.82, 2.24) is 14.5 Å². The Kier molecular flexibility index (Phi) is 5.23. The molecule has 1 unspecified atom stereocenters. The Labute approximate surface area is 169 Å². The summed E-state index contributed by atoms with van der Waals surface area (Å²) in [5, 5.41) is 10.1. The van der Waals surface area contributed by atoms with Crippen LogP contribution < -0.4 is 5.32 Å². The minimum absolute atomic E-state index is 0.107. The fourth-order valence-electron chi connectivity index (χ4n) is 2.97. The number of nitrogens with one attached hydrogen (secondary N) is 1. The van der Waals surface area contributed by atoms with Crippen molar-refractivity contribution in [2.75, 3.05) is 11.9 Å². The topological polar surface area (TPSA) is 119 Å². The number of hydrogen-bond acceptors (Lipinski definition) is 8. The van der Waals surface area contributed by atoms with E-state index in [1.807, 2.05) is 0 Å². The van der Waals surface area contributed by atoms with Gasteiger partial charge in [0.25, 0.3) is 15.9 Å². The summed E-state index contributed by atoms with van der Waals surface area (Å²) in [5.74, 6) is -0.0494. The van der Waals surface area contributed by atoms with Gasteiger partial charge in [-0.15, -0.1) is 16.4 Å². The summed E-state index contributed by atoms with van der Waals surface area (Å²) in [6.45, 7) is 0.247. The van der Waals surface area contributed by atoms with Gasteiger partial charge in [-0.05, 0) is 37.1 Å². The largest absolute Gasteiger partial charge is 0.459 e. The molecule has 3 aromatic rings. The van der Waals surface area contributed by atoms with Crippen LogP contribution in [0.5, 0.6) is 0 Å². The number of sulfonamides is 1. The average molecular weight is 443 g/mol. The second-order valence-electron chi connectivity index (χ2n) is 6.06. The van der Waals surface area contributed by atoms with Crippen LogP contribution in [0, 0.1) is 0 Å². The molecule has 4 heterocycles. The molecule has 0 radical (unpaired) electrons. The van der Waals surface area contributed by atoms with Gasteiger partial charge in [0.15, 0.2) is 5.76 Å². The Morgan fingerprint density at radius 2 is 2.14 bits per heavy atom. The monoisotopic (exact) mass is 442 g/mol. The van der Waals surface area contributed by atoms with E-state index in [1.54, 1.807) is 12.1 Å². The number of amides is 1. The first-order valence-corrected chi connectivity index (χ1v) is 11.0. The lowest BCUT2D eigenvalue weighted by Crippen LogP contribution is -2.49. The van der Waals surface area contributed by atoms with Crippen molar-refractivity contribution in [2.24, 2.45) is 0 Å². The lowest BCUT2D eigenvalue weighted by atomic mass is 10.0. The van der Waals surface area contributed by atoms with Crippen LogP contribution >= 0.6 is 22.9 Å². The van der Waals surface area contributed by atoms with Crippen molar-refractivity contribution in [3.63, 3.8) is 0 Å². The first kappa shape index (κ1) is 19.1. The number of hydrogen-bond donors (Lipinski definition) is 1. The van der Waals surface area contributed by atoms with Gasteiger partial charge in [0.05, 0.1) is 10.6 Å². The number of furan rings is 1. The highest BCUT2D eigenvalue weighted by Crippen LogP contribution is 2.32. The fraction of sp³-hybridized carbons (Fsp3) is 0.312. The van der Waals surface area contributed by atoms with Gasteiger partial charge in [-0.1, -0.05) is 23.1 Å². The predicted molar refractivity (Wildman–Crippen MR) is 101 cm³/mol.